The molecule has 15 heavy (non-hydrogen) atoms. The van der Waals surface area contributed by atoms with Crippen LogP contribution in [0.2, 0.25) is 0 Å². The van der Waals surface area contributed by atoms with Crippen molar-refractivity contribution in [3.63, 3.8) is 0 Å². The average Bonchev–Trinajstić information content (AvgIpc) is 2.82. The Morgan fingerprint density at radius 1 is 1.33 bits per heavy atom. The summed E-state index contributed by atoms with van der Waals surface area (Å²) in [5, 5.41) is 0.752. The Labute approximate surface area is 94.3 Å². The molecule has 2 aliphatic rings. The Balaban J connectivity index is 1.76. The zero-order chi connectivity index (χ0) is 10.3. The minimum absolute atomic E-state index is 0.752. The summed E-state index contributed by atoms with van der Waals surface area (Å²) < 4.78 is 0. The topological polar surface area (TPSA) is 42.1 Å². The lowest BCUT2D eigenvalue weighted by Crippen LogP contribution is -2.36. The molecule has 2 heterocycles. The van der Waals surface area contributed by atoms with Gasteiger partial charge in [-0.05, 0) is 45.2 Å². The van der Waals surface area contributed by atoms with Crippen molar-refractivity contribution >= 4 is 16.5 Å². The summed E-state index contributed by atoms with van der Waals surface area (Å²) >= 11 is 1.69. The van der Waals surface area contributed by atoms with Crippen LogP contribution in [0.5, 0.6) is 0 Å². The maximum absolute atomic E-state index is 5.75. The van der Waals surface area contributed by atoms with Crippen LogP contribution in [0.25, 0.3) is 0 Å². The lowest BCUT2D eigenvalue weighted by atomic mass is 9.96. The van der Waals surface area contributed by atoms with Crippen molar-refractivity contribution in [2.45, 2.75) is 38.1 Å². The molecule has 1 aromatic rings. The molecule has 4 heteroatoms. The maximum atomic E-state index is 5.75. The lowest BCUT2D eigenvalue weighted by molar-refractivity contribution is 0.223. The summed E-state index contributed by atoms with van der Waals surface area (Å²) in [4.78, 5) is 8.48. The van der Waals surface area contributed by atoms with Gasteiger partial charge in [0.1, 0.15) is 0 Å². The highest BCUT2D eigenvalue weighted by atomic mass is 32.1. The van der Waals surface area contributed by atoms with Crippen LogP contribution in [-0.4, -0.2) is 29.0 Å². The molecule has 0 radical (unpaired) electrons. The Morgan fingerprint density at radius 3 is 2.93 bits per heavy atom. The number of nitrogen functional groups attached to an aromatic ring is 1. The summed E-state index contributed by atoms with van der Waals surface area (Å²) in [6, 6.07) is 0.764. The van der Waals surface area contributed by atoms with Crippen molar-refractivity contribution in [3.8, 4) is 0 Å². The first-order chi connectivity index (χ1) is 7.33. The number of anilines is 1. The molecule has 1 aromatic heterocycles. The van der Waals surface area contributed by atoms with Crippen LogP contribution in [0.4, 0.5) is 5.13 Å². The van der Waals surface area contributed by atoms with Gasteiger partial charge in [0.05, 0.1) is 5.69 Å². The van der Waals surface area contributed by atoms with Crippen LogP contribution in [0.3, 0.4) is 0 Å². The normalized spacial score (nSPS) is 26.8. The molecule has 1 aliphatic carbocycles. The van der Waals surface area contributed by atoms with Crippen LogP contribution in [0.1, 0.15) is 29.8 Å². The van der Waals surface area contributed by atoms with E-state index in [0.717, 1.165) is 17.6 Å². The Morgan fingerprint density at radius 2 is 2.13 bits per heavy atom. The van der Waals surface area contributed by atoms with Gasteiger partial charge in [-0.1, -0.05) is 0 Å². The monoisotopic (exact) mass is 223 g/mol. The zero-order valence-electron chi connectivity index (χ0n) is 8.91. The van der Waals surface area contributed by atoms with E-state index in [2.05, 4.69) is 9.88 Å². The SMILES string of the molecule is Nc1nc2c(s1)CC(N1CCCC1)CC2. The second-order valence-electron chi connectivity index (χ2n) is 4.56. The Kier molecular flexibility index (Phi) is 2.41. The molecule has 0 spiro atoms. The molecular weight excluding hydrogens is 206 g/mol. The van der Waals surface area contributed by atoms with Crippen LogP contribution < -0.4 is 5.73 Å². The first-order valence-electron chi connectivity index (χ1n) is 5.81. The summed E-state index contributed by atoms with van der Waals surface area (Å²) in [5.74, 6) is 0. The number of nitrogens with two attached hydrogens (primary N) is 1. The fraction of sp³-hybridized carbons (Fsp3) is 0.727. The summed E-state index contributed by atoms with van der Waals surface area (Å²) in [6.07, 6.45) is 6.35. The van der Waals surface area contributed by atoms with E-state index in [4.69, 9.17) is 5.73 Å². The van der Waals surface area contributed by atoms with E-state index in [1.807, 2.05) is 0 Å². The second-order valence-corrected chi connectivity index (χ2v) is 5.68. The predicted molar refractivity (Wildman–Crippen MR) is 63.1 cm³/mol. The quantitative estimate of drug-likeness (QED) is 0.787. The van der Waals surface area contributed by atoms with Crippen molar-refractivity contribution in [2.75, 3.05) is 18.8 Å². The van der Waals surface area contributed by atoms with Gasteiger partial charge in [-0.2, -0.15) is 0 Å². The first kappa shape index (κ1) is 9.60. The van der Waals surface area contributed by atoms with E-state index >= 15 is 0 Å². The zero-order valence-corrected chi connectivity index (χ0v) is 9.72. The Bertz CT molecular complexity index is 355. The van der Waals surface area contributed by atoms with Crippen molar-refractivity contribution in [1.29, 1.82) is 0 Å². The van der Waals surface area contributed by atoms with E-state index in [1.54, 1.807) is 11.3 Å². The highest BCUT2D eigenvalue weighted by molar-refractivity contribution is 7.15. The number of aryl methyl sites for hydroxylation is 1. The molecule has 0 bridgehead atoms. The van der Waals surface area contributed by atoms with E-state index in [1.165, 1.54) is 49.3 Å². The van der Waals surface area contributed by atoms with Gasteiger partial charge < -0.3 is 10.6 Å². The highest BCUT2D eigenvalue weighted by Gasteiger charge is 2.27. The van der Waals surface area contributed by atoms with E-state index in [-0.39, 0.29) is 0 Å². The largest absolute Gasteiger partial charge is 0.375 e. The van der Waals surface area contributed by atoms with Gasteiger partial charge in [0.2, 0.25) is 0 Å². The van der Waals surface area contributed by atoms with Gasteiger partial charge in [0.25, 0.3) is 0 Å². The lowest BCUT2D eigenvalue weighted by Gasteiger charge is -2.30. The molecule has 82 valence electrons. The second kappa shape index (κ2) is 3.76. The van der Waals surface area contributed by atoms with Gasteiger partial charge in [0.15, 0.2) is 5.13 Å². The Hall–Kier alpha value is -0.610. The van der Waals surface area contributed by atoms with Gasteiger partial charge in [-0.25, -0.2) is 4.98 Å². The third-order valence-electron chi connectivity index (χ3n) is 3.59. The third-order valence-corrected chi connectivity index (χ3v) is 4.54. The number of fused-ring (bicyclic) bond motifs is 1. The number of nitrogens with zero attached hydrogens (tertiary/aromatic N) is 2. The highest BCUT2D eigenvalue weighted by Crippen LogP contribution is 2.31. The molecule has 0 amide bonds. The van der Waals surface area contributed by atoms with Gasteiger partial charge in [-0.15, -0.1) is 11.3 Å². The standard InChI is InChI=1S/C11H17N3S/c12-11-13-9-4-3-8(7-10(9)15-11)14-5-1-2-6-14/h8H,1-7H2,(H2,12,13). The fourth-order valence-electron chi connectivity index (χ4n) is 2.80. The minimum Gasteiger partial charge on any atom is -0.375 e. The summed E-state index contributed by atoms with van der Waals surface area (Å²) in [7, 11) is 0. The van der Waals surface area contributed by atoms with Gasteiger partial charge in [0, 0.05) is 10.9 Å². The number of aromatic nitrogens is 1. The molecule has 0 aromatic carbocycles. The molecule has 1 fully saturated rings. The molecule has 2 N–H and O–H groups in total. The number of likely N-dealkylation sites (tertiary alicyclic amines) is 1. The number of rotatable bonds is 1. The van der Waals surface area contributed by atoms with E-state index < -0.39 is 0 Å². The average molecular weight is 223 g/mol. The minimum atomic E-state index is 0.752. The van der Waals surface area contributed by atoms with Crippen LogP contribution >= 0.6 is 11.3 Å². The van der Waals surface area contributed by atoms with Crippen molar-refractivity contribution in [2.24, 2.45) is 0 Å². The molecule has 1 unspecified atom stereocenters. The smallest absolute Gasteiger partial charge is 0.180 e. The number of hydrogen-bond acceptors (Lipinski definition) is 4. The molecular formula is C11H17N3S. The van der Waals surface area contributed by atoms with Crippen molar-refractivity contribution < 1.29 is 0 Å². The van der Waals surface area contributed by atoms with E-state index in [0.29, 0.717) is 0 Å². The van der Waals surface area contributed by atoms with Crippen molar-refractivity contribution in [1.82, 2.24) is 9.88 Å². The molecule has 0 saturated carbocycles. The van der Waals surface area contributed by atoms with Crippen LogP contribution in [0.15, 0.2) is 0 Å². The molecule has 3 nitrogen and oxygen atoms in total. The number of hydrogen-bond donors (Lipinski definition) is 1. The maximum Gasteiger partial charge on any atom is 0.180 e. The van der Waals surface area contributed by atoms with E-state index in [9.17, 15) is 0 Å². The van der Waals surface area contributed by atoms with Gasteiger partial charge in [-0.3, -0.25) is 0 Å². The van der Waals surface area contributed by atoms with Gasteiger partial charge >= 0.3 is 0 Å². The summed E-state index contributed by atoms with van der Waals surface area (Å²) in [5.41, 5.74) is 7.02. The molecule has 1 atom stereocenters. The molecule has 3 rings (SSSR count). The first-order valence-corrected chi connectivity index (χ1v) is 6.62. The molecule has 1 aliphatic heterocycles. The molecule has 1 saturated heterocycles. The van der Waals surface area contributed by atoms with Crippen LogP contribution in [0, 0.1) is 0 Å². The fourth-order valence-corrected chi connectivity index (χ4v) is 3.75. The third kappa shape index (κ3) is 1.76. The van der Waals surface area contributed by atoms with Crippen molar-refractivity contribution in [3.05, 3.63) is 10.6 Å². The summed E-state index contributed by atoms with van der Waals surface area (Å²) in [6.45, 7) is 2.60. The van der Waals surface area contributed by atoms with Crippen LogP contribution in [-0.2, 0) is 12.8 Å². The number of thiazole rings is 1. The predicted octanol–water partition coefficient (Wildman–Crippen LogP) is 1.68.